The van der Waals surface area contributed by atoms with E-state index < -0.39 is 11.4 Å². The standard InChI is InChI=1S/C20H22N2O4/c1-20(19(24)25)9-11-22(14-20)18(23)12-15-5-7-17(8-6-15)26-13-16-4-2-3-10-21-16/h2-8,10H,9,11-14H2,1H3,(H,24,25). The van der Waals surface area contributed by atoms with Crippen molar-refractivity contribution in [2.45, 2.75) is 26.4 Å². The largest absolute Gasteiger partial charge is 0.487 e. The predicted molar refractivity (Wildman–Crippen MR) is 95.7 cm³/mol. The Labute approximate surface area is 152 Å². The van der Waals surface area contributed by atoms with Crippen molar-refractivity contribution in [1.29, 1.82) is 0 Å². The van der Waals surface area contributed by atoms with Crippen LogP contribution in [0.5, 0.6) is 5.75 Å². The zero-order valence-electron chi connectivity index (χ0n) is 14.7. The molecule has 136 valence electrons. The van der Waals surface area contributed by atoms with E-state index in [9.17, 15) is 14.7 Å². The molecule has 0 aliphatic carbocycles. The Balaban J connectivity index is 1.53. The lowest BCUT2D eigenvalue weighted by molar-refractivity contribution is -0.147. The number of pyridine rings is 1. The van der Waals surface area contributed by atoms with Crippen LogP contribution < -0.4 is 4.74 Å². The second-order valence-corrected chi connectivity index (χ2v) is 6.86. The normalized spacial score (nSPS) is 19.3. The second kappa shape index (κ2) is 7.56. The molecule has 0 bridgehead atoms. The number of aromatic nitrogens is 1. The van der Waals surface area contributed by atoms with Crippen LogP contribution in [-0.4, -0.2) is 40.0 Å². The minimum atomic E-state index is -0.845. The fourth-order valence-electron chi connectivity index (χ4n) is 2.98. The SMILES string of the molecule is CC1(C(=O)O)CCN(C(=O)Cc2ccc(OCc3ccccn3)cc2)C1. The number of hydrogen-bond donors (Lipinski definition) is 1. The zero-order valence-corrected chi connectivity index (χ0v) is 14.7. The maximum absolute atomic E-state index is 12.4. The van der Waals surface area contributed by atoms with E-state index >= 15 is 0 Å². The summed E-state index contributed by atoms with van der Waals surface area (Å²) in [5, 5.41) is 9.27. The highest BCUT2D eigenvalue weighted by Crippen LogP contribution is 2.30. The number of likely N-dealkylation sites (tertiary alicyclic amines) is 1. The summed E-state index contributed by atoms with van der Waals surface area (Å²) < 4.78 is 5.68. The molecule has 0 spiro atoms. The lowest BCUT2D eigenvalue weighted by atomic mass is 9.90. The van der Waals surface area contributed by atoms with Gasteiger partial charge in [0, 0.05) is 19.3 Å². The summed E-state index contributed by atoms with van der Waals surface area (Å²) in [5.74, 6) is -0.175. The Morgan fingerprint density at radius 1 is 1.23 bits per heavy atom. The lowest BCUT2D eigenvalue weighted by Gasteiger charge is -2.20. The quantitative estimate of drug-likeness (QED) is 0.862. The first-order valence-electron chi connectivity index (χ1n) is 8.59. The second-order valence-electron chi connectivity index (χ2n) is 6.86. The van der Waals surface area contributed by atoms with Crippen molar-refractivity contribution in [2.24, 2.45) is 5.41 Å². The highest BCUT2D eigenvalue weighted by molar-refractivity contribution is 5.82. The summed E-state index contributed by atoms with van der Waals surface area (Å²) in [5.41, 5.74) is 0.894. The van der Waals surface area contributed by atoms with Crippen LogP contribution in [0, 0.1) is 5.41 Å². The number of carbonyl (C=O) groups is 2. The Bertz CT molecular complexity index is 776. The Kier molecular flexibility index (Phi) is 5.21. The third kappa shape index (κ3) is 4.20. The van der Waals surface area contributed by atoms with Crippen molar-refractivity contribution in [3.05, 3.63) is 59.9 Å². The van der Waals surface area contributed by atoms with Gasteiger partial charge in [0.15, 0.2) is 0 Å². The average Bonchev–Trinajstić information content (AvgIpc) is 3.06. The molecule has 1 aromatic heterocycles. The molecule has 1 saturated heterocycles. The van der Waals surface area contributed by atoms with Gasteiger partial charge in [0.05, 0.1) is 17.5 Å². The molecule has 0 saturated carbocycles. The van der Waals surface area contributed by atoms with Crippen LogP contribution in [0.1, 0.15) is 24.6 Å². The number of ether oxygens (including phenoxy) is 1. The molecule has 26 heavy (non-hydrogen) atoms. The van der Waals surface area contributed by atoms with Crippen LogP contribution in [0.3, 0.4) is 0 Å². The Hall–Kier alpha value is -2.89. The summed E-state index contributed by atoms with van der Waals surface area (Å²) in [6.45, 7) is 2.84. The maximum Gasteiger partial charge on any atom is 0.311 e. The molecule has 0 radical (unpaired) electrons. The predicted octanol–water partition coefficient (Wildman–Crippen LogP) is 2.53. The van der Waals surface area contributed by atoms with Crippen molar-refractivity contribution >= 4 is 11.9 Å². The first-order chi connectivity index (χ1) is 12.5. The number of carboxylic acids is 1. The van der Waals surface area contributed by atoms with Gasteiger partial charge in [0.1, 0.15) is 12.4 Å². The van der Waals surface area contributed by atoms with Gasteiger partial charge in [-0.15, -0.1) is 0 Å². The maximum atomic E-state index is 12.4. The molecule has 2 aromatic rings. The van der Waals surface area contributed by atoms with Crippen LogP contribution in [0.4, 0.5) is 0 Å². The number of aliphatic carboxylic acids is 1. The van der Waals surface area contributed by atoms with Crippen molar-refractivity contribution in [2.75, 3.05) is 13.1 Å². The summed E-state index contributed by atoms with van der Waals surface area (Å²) >= 11 is 0. The van der Waals surface area contributed by atoms with E-state index in [4.69, 9.17) is 4.74 Å². The van der Waals surface area contributed by atoms with E-state index in [1.807, 2.05) is 42.5 Å². The first kappa shape index (κ1) is 17.9. The molecule has 1 amide bonds. The molecule has 6 heteroatoms. The van der Waals surface area contributed by atoms with Crippen molar-refractivity contribution < 1.29 is 19.4 Å². The monoisotopic (exact) mass is 354 g/mol. The van der Waals surface area contributed by atoms with Gasteiger partial charge >= 0.3 is 5.97 Å². The Morgan fingerprint density at radius 3 is 2.62 bits per heavy atom. The van der Waals surface area contributed by atoms with E-state index in [1.54, 1.807) is 18.0 Å². The molecule has 3 rings (SSSR count). The van der Waals surface area contributed by atoms with Crippen LogP contribution >= 0.6 is 0 Å². The average molecular weight is 354 g/mol. The van der Waals surface area contributed by atoms with Gasteiger partial charge in [0.25, 0.3) is 0 Å². The molecule has 1 fully saturated rings. The number of amides is 1. The summed E-state index contributed by atoms with van der Waals surface area (Å²) in [4.78, 5) is 29.5. The fraction of sp³-hybridized carbons (Fsp3) is 0.350. The molecule has 2 heterocycles. The molecular formula is C20H22N2O4. The number of hydrogen-bond acceptors (Lipinski definition) is 4. The molecule has 1 aliphatic heterocycles. The molecule has 1 N–H and O–H groups in total. The summed E-state index contributed by atoms with van der Waals surface area (Å²) in [6, 6.07) is 13.0. The van der Waals surface area contributed by atoms with Crippen molar-refractivity contribution in [3.63, 3.8) is 0 Å². The van der Waals surface area contributed by atoms with Crippen LogP contribution in [0.25, 0.3) is 0 Å². The fourth-order valence-corrected chi connectivity index (χ4v) is 2.98. The van der Waals surface area contributed by atoms with Crippen LogP contribution in [0.2, 0.25) is 0 Å². The number of rotatable bonds is 6. The van der Waals surface area contributed by atoms with Gasteiger partial charge in [0.2, 0.25) is 5.91 Å². The Morgan fingerprint density at radius 2 is 2.00 bits per heavy atom. The molecule has 1 aromatic carbocycles. The summed E-state index contributed by atoms with van der Waals surface area (Å²) in [7, 11) is 0. The van der Waals surface area contributed by atoms with Gasteiger partial charge in [-0.2, -0.15) is 0 Å². The number of benzene rings is 1. The van der Waals surface area contributed by atoms with Gasteiger partial charge in [-0.05, 0) is 43.2 Å². The highest BCUT2D eigenvalue weighted by atomic mass is 16.5. The molecule has 1 aliphatic rings. The van der Waals surface area contributed by atoms with E-state index in [1.165, 1.54) is 0 Å². The number of carboxylic acid groups (broad SMARTS) is 1. The number of nitrogens with zero attached hydrogens (tertiary/aromatic N) is 2. The zero-order chi connectivity index (χ0) is 18.6. The minimum absolute atomic E-state index is 0.0443. The van der Waals surface area contributed by atoms with Gasteiger partial charge in [-0.25, -0.2) is 0 Å². The first-order valence-corrected chi connectivity index (χ1v) is 8.59. The third-order valence-electron chi connectivity index (χ3n) is 4.73. The van der Waals surface area contributed by atoms with Crippen molar-refractivity contribution in [1.82, 2.24) is 9.88 Å². The van der Waals surface area contributed by atoms with E-state index in [-0.39, 0.29) is 18.9 Å². The van der Waals surface area contributed by atoms with E-state index in [0.29, 0.717) is 25.3 Å². The van der Waals surface area contributed by atoms with E-state index in [2.05, 4.69) is 4.98 Å². The topological polar surface area (TPSA) is 79.7 Å². The molecule has 1 atom stereocenters. The minimum Gasteiger partial charge on any atom is -0.487 e. The molecule has 6 nitrogen and oxygen atoms in total. The lowest BCUT2D eigenvalue weighted by Crippen LogP contribution is -2.35. The van der Waals surface area contributed by atoms with Crippen LogP contribution in [-0.2, 0) is 22.6 Å². The molecular weight excluding hydrogens is 332 g/mol. The smallest absolute Gasteiger partial charge is 0.311 e. The van der Waals surface area contributed by atoms with Gasteiger partial charge in [-0.3, -0.25) is 14.6 Å². The third-order valence-corrected chi connectivity index (χ3v) is 4.73. The van der Waals surface area contributed by atoms with Gasteiger partial charge in [-0.1, -0.05) is 18.2 Å². The molecule has 1 unspecified atom stereocenters. The van der Waals surface area contributed by atoms with Crippen molar-refractivity contribution in [3.8, 4) is 5.75 Å². The summed E-state index contributed by atoms with van der Waals surface area (Å²) in [6.07, 6.45) is 2.48. The number of carbonyl (C=O) groups excluding carboxylic acids is 1. The highest BCUT2D eigenvalue weighted by Gasteiger charge is 2.41. The van der Waals surface area contributed by atoms with Gasteiger partial charge < -0.3 is 14.7 Å². The van der Waals surface area contributed by atoms with E-state index in [0.717, 1.165) is 11.3 Å². The van der Waals surface area contributed by atoms with Crippen LogP contribution in [0.15, 0.2) is 48.7 Å².